The van der Waals surface area contributed by atoms with Gasteiger partial charge in [-0.15, -0.1) is 0 Å². The highest BCUT2D eigenvalue weighted by Crippen LogP contribution is 2.10. The molecule has 5 nitrogen and oxygen atoms in total. The summed E-state index contributed by atoms with van der Waals surface area (Å²) in [7, 11) is 0. The minimum atomic E-state index is -0.216. The van der Waals surface area contributed by atoms with Crippen molar-refractivity contribution < 1.29 is 9.53 Å². The van der Waals surface area contributed by atoms with Crippen LogP contribution in [0.5, 0.6) is 5.75 Å². The van der Waals surface area contributed by atoms with Gasteiger partial charge < -0.3 is 15.4 Å². The van der Waals surface area contributed by atoms with Crippen molar-refractivity contribution in [1.29, 1.82) is 0 Å². The Labute approximate surface area is 124 Å². The third kappa shape index (κ3) is 5.52. The summed E-state index contributed by atoms with van der Waals surface area (Å²) in [6.45, 7) is 3.37. The van der Waals surface area contributed by atoms with Crippen LogP contribution in [0.3, 0.4) is 0 Å². The summed E-state index contributed by atoms with van der Waals surface area (Å²) in [6.07, 6.45) is 3.42. The Morgan fingerprint density at radius 3 is 2.71 bits per heavy atom. The number of pyridine rings is 1. The van der Waals surface area contributed by atoms with E-state index >= 15 is 0 Å². The van der Waals surface area contributed by atoms with E-state index in [0.717, 1.165) is 11.3 Å². The summed E-state index contributed by atoms with van der Waals surface area (Å²) >= 11 is 0. The molecular formula is C16H19N3O2. The molecule has 0 radical (unpaired) electrons. The Kier molecular flexibility index (Phi) is 5.58. The Hall–Kier alpha value is -2.56. The topological polar surface area (TPSA) is 63.2 Å². The molecule has 2 rings (SSSR count). The van der Waals surface area contributed by atoms with Crippen LogP contribution >= 0.6 is 0 Å². The highest BCUT2D eigenvalue weighted by Gasteiger charge is 2.00. The Bertz CT molecular complexity index is 555. The van der Waals surface area contributed by atoms with Crippen LogP contribution in [0.4, 0.5) is 4.79 Å². The monoisotopic (exact) mass is 285 g/mol. The first-order valence-corrected chi connectivity index (χ1v) is 6.84. The summed E-state index contributed by atoms with van der Waals surface area (Å²) in [4.78, 5) is 15.6. The summed E-state index contributed by atoms with van der Waals surface area (Å²) < 4.78 is 5.52. The fraction of sp³-hybridized carbons (Fsp3) is 0.250. The van der Waals surface area contributed by atoms with Crippen molar-refractivity contribution in [3.63, 3.8) is 0 Å². The number of aryl methyl sites for hydroxylation is 1. The average molecular weight is 285 g/mol. The average Bonchev–Trinajstić information content (AvgIpc) is 2.52. The molecule has 0 bridgehead atoms. The van der Waals surface area contributed by atoms with E-state index in [2.05, 4.69) is 15.6 Å². The number of hydrogen-bond donors (Lipinski definition) is 2. The number of amides is 2. The number of benzene rings is 1. The number of rotatable bonds is 6. The molecule has 0 aliphatic carbocycles. The second kappa shape index (κ2) is 7.89. The molecule has 0 spiro atoms. The summed E-state index contributed by atoms with van der Waals surface area (Å²) in [5.74, 6) is 0.804. The van der Waals surface area contributed by atoms with Gasteiger partial charge in [-0.1, -0.05) is 23.8 Å². The molecule has 21 heavy (non-hydrogen) atoms. The maximum absolute atomic E-state index is 11.6. The van der Waals surface area contributed by atoms with E-state index in [1.807, 2.05) is 43.3 Å². The predicted molar refractivity (Wildman–Crippen MR) is 81.1 cm³/mol. The van der Waals surface area contributed by atoms with Crippen molar-refractivity contribution >= 4 is 6.03 Å². The molecule has 1 heterocycles. The first-order valence-electron chi connectivity index (χ1n) is 6.84. The van der Waals surface area contributed by atoms with Crippen LogP contribution in [0, 0.1) is 6.92 Å². The highest BCUT2D eigenvalue weighted by atomic mass is 16.5. The van der Waals surface area contributed by atoms with Gasteiger partial charge in [-0.05, 0) is 30.7 Å². The zero-order valence-corrected chi connectivity index (χ0v) is 12.0. The zero-order valence-electron chi connectivity index (χ0n) is 12.0. The molecular weight excluding hydrogens is 266 g/mol. The molecule has 110 valence electrons. The van der Waals surface area contributed by atoms with Crippen LogP contribution in [-0.4, -0.2) is 24.2 Å². The fourth-order valence-electron chi connectivity index (χ4n) is 1.72. The van der Waals surface area contributed by atoms with Crippen molar-refractivity contribution in [3.8, 4) is 5.75 Å². The molecule has 2 aromatic rings. The van der Waals surface area contributed by atoms with Crippen LogP contribution in [-0.2, 0) is 6.54 Å². The fourth-order valence-corrected chi connectivity index (χ4v) is 1.72. The van der Waals surface area contributed by atoms with Crippen molar-refractivity contribution in [2.45, 2.75) is 13.5 Å². The second-order valence-electron chi connectivity index (χ2n) is 4.63. The lowest BCUT2D eigenvalue weighted by Gasteiger charge is -2.09. The summed E-state index contributed by atoms with van der Waals surface area (Å²) in [5, 5.41) is 5.50. The number of ether oxygens (including phenoxy) is 1. The minimum absolute atomic E-state index is 0.216. The first-order chi connectivity index (χ1) is 10.2. The van der Waals surface area contributed by atoms with Gasteiger partial charge in [-0.3, -0.25) is 4.98 Å². The van der Waals surface area contributed by atoms with Gasteiger partial charge >= 0.3 is 6.03 Å². The number of urea groups is 1. The van der Waals surface area contributed by atoms with Crippen LogP contribution in [0.2, 0.25) is 0 Å². The first kappa shape index (κ1) is 14.8. The minimum Gasteiger partial charge on any atom is -0.492 e. The van der Waals surface area contributed by atoms with Crippen molar-refractivity contribution in [3.05, 3.63) is 59.9 Å². The number of carbonyl (C=O) groups excluding carboxylic acids is 1. The van der Waals surface area contributed by atoms with Crippen molar-refractivity contribution in [2.75, 3.05) is 13.2 Å². The van der Waals surface area contributed by atoms with Gasteiger partial charge in [0.15, 0.2) is 0 Å². The maximum Gasteiger partial charge on any atom is 0.315 e. The van der Waals surface area contributed by atoms with E-state index in [9.17, 15) is 4.79 Å². The van der Waals surface area contributed by atoms with Gasteiger partial charge in [-0.25, -0.2) is 4.79 Å². The van der Waals surface area contributed by atoms with Crippen LogP contribution in [0.1, 0.15) is 11.1 Å². The van der Waals surface area contributed by atoms with Crippen molar-refractivity contribution in [1.82, 2.24) is 15.6 Å². The Balaban J connectivity index is 1.60. The maximum atomic E-state index is 11.6. The van der Waals surface area contributed by atoms with Gasteiger partial charge in [0.1, 0.15) is 12.4 Å². The zero-order chi connectivity index (χ0) is 14.9. The van der Waals surface area contributed by atoms with E-state index in [-0.39, 0.29) is 6.03 Å². The van der Waals surface area contributed by atoms with Gasteiger partial charge in [0, 0.05) is 18.9 Å². The smallest absolute Gasteiger partial charge is 0.315 e. The standard InChI is InChI=1S/C16H19N3O2/c1-13-4-6-15(7-5-13)21-10-9-18-16(20)19-12-14-3-2-8-17-11-14/h2-8,11H,9-10,12H2,1H3,(H2,18,19,20). The molecule has 0 aliphatic heterocycles. The Morgan fingerprint density at radius 1 is 1.19 bits per heavy atom. The normalized spacial score (nSPS) is 9.95. The Morgan fingerprint density at radius 2 is 2.00 bits per heavy atom. The lowest BCUT2D eigenvalue weighted by atomic mass is 10.2. The second-order valence-corrected chi connectivity index (χ2v) is 4.63. The SMILES string of the molecule is Cc1ccc(OCCNC(=O)NCc2cccnc2)cc1. The molecule has 0 aliphatic rings. The molecule has 5 heteroatoms. The molecule has 2 amide bonds. The predicted octanol–water partition coefficient (Wildman–Crippen LogP) is 2.27. The number of hydrogen-bond acceptors (Lipinski definition) is 3. The largest absolute Gasteiger partial charge is 0.492 e. The number of nitrogens with zero attached hydrogens (tertiary/aromatic N) is 1. The molecule has 2 N–H and O–H groups in total. The molecule has 0 saturated carbocycles. The lowest BCUT2D eigenvalue weighted by Crippen LogP contribution is -2.37. The van der Waals surface area contributed by atoms with Crippen LogP contribution in [0.25, 0.3) is 0 Å². The van der Waals surface area contributed by atoms with Gasteiger partial charge in [0.25, 0.3) is 0 Å². The third-order valence-electron chi connectivity index (χ3n) is 2.85. The van der Waals surface area contributed by atoms with E-state index in [1.165, 1.54) is 5.56 Å². The van der Waals surface area contributed by atoms with Crippen molar-refractivity contribution in [2.24, 2.45) is 0 Å². The molecule has 1 aromatic carbocycles. The third-order valence-corrected chi connectivity index (χ3v) is 2.85. The number of nitrogens with one attached hydrogen (secondary N) is 2. The molecule has 0 unspecified atom stereocenters. The van der Waals surface area contributed by atoms with Gasteiger partial charge in [0.2, 0.25) is 0 Å². The number of carbonyl (C=O) groups is 1. The number of aromatic nitrogens is 1. The summed E-state index contributed by atoms with van der Waals surface area (Å²) in [6, 6.07) is 11.3. The molecule has 0 fully saturated rings. The van der Waals surface area contributed by atoms with Crippen LogP contribution in [0.15, 0.2) is 48.8 Å². The quantitative estimate of drug-likeness (QED) is 0.800. The van der Waals surface area contributed by atoms with Gasteiger partial charge in [-0.2, -0.15) is 0 Å². The molecule has 0 atom stereocenters. The van der Waals surface area contributed by atoms with Gasteiger partial charge in [0.05, 0.1) is 6.54 Å². The van der Waals surface area contributed by atoms with E-state index < -0.39 is 0 Å². The lowest BCUT2D eigenvalue weighted by molar-refractivity contribution is 0.236. The summed E-state index contributed by atoms with van der Waals surface area (Å²) in [5.41, 5.74) is 2.15. The van der Waals surface area contributed by atoms with Crippen LogP contribution < -0.4 is 15.4 Å². The van der Waals surface area contributed by atoms with E-state index in [4.69, 9.17) is 4.74 Å². The van der Waals surface area contributed by atoms with E-state index in [0.29, 0.717) is 19.7 Å². The molecule has 0 saturated heterocycles. The molecule has 1 aromatic heterocycles. The van der Waals surface area contributed by atoms with E-state index in [1.54, 1.807) is 12.4 Å². The highest BCUT2D eigenvalue weighted by molar-refractivity contribution is 5.73.